The van der Waals surface area contributed by atoms with Crippen molar-refractivity contribution in [1.82, 2.24) is 0 Å². The van der Waals surface area contributed by atoms with Crippen LogP contribution in [0.25, 0.3) is 0 Å². The topological polar surface area (TPSA) is 18.5 Å². The maximum Gasteiger partial charge on any atom is 0.175 e. The summed E-state index contributed by atoms with van der Waals surface area (Å²) >= 11 is 0. The Bertz CT molecular complexity index is 258. The summed E-state index contributed by atoms with van der Waals surface area (Å²) in [6.07, 6.45) is 7.45. The average molecular weight is 190 g/mol. The van der Waals surface area contributed by atoms with Crippen molar-refractivity contribution in [2.75, 3.05) is 13.2 Å². The highest BCUT2D eigenvalue weighted by molar-refractivity contribution is 6.08. The van der Waals surface area contributed by atoms with E-state index >= 15 is 0 Å². The van der Waals surface area contributed by atoms with E-state index in [1.807, 2.05) is 0 Å². The molecule has 74 valence electrons. The van der Waals surface area contributed by atoms with Crippen LogP contribution in [0, 0.1) is 17.8 Å². The van der Waals surface area contributed by atoms with Gasteiger partial charge in [0.2, 0.25) is 0 Å². The van der Waals surface area contributed by atoms with Crippen molar-refractivity contribution in [3.8, 4) is 0 Å². The smallest absolute Gasteiger partial charge is 0.175 e. The van der Waals surface area contributed by atoms with E-state index in [0.29, 0.717) is 17.8 Å². The summed E-state index contributed by atoms with van der Waals surface area (Å²) in [5.74, 6) is 1.48. The second kappa shape index (κ2) is 3.11. The van der Waals surface area contributed by atoms with E-state index in [9.17, 15) is 0 Å². The molecule has 0 N–H and O–H groups in total. The van der Waals surface area contributed by atoms with Crippen LogP contribution in [0.5, 0.6) is 0 Å². The zero-order valence-corrected chi connectivity index (χ0v) is 8.32. The average Bonchev–Trinajstić information content (AvgIpc) is 2.82. The van der Waals surface area contributed by atoms with E-state index in [1.54, 1.807) is 0 Å². The minimum Gasteiger partial charge on any atom is -0.347 e. The summed E-state index contributed by atoms with van der Waals surface area (Å²) < 4.78 is 11.7. The summed E-state index contributed by atoms with van der Waals surface area (Å²) in [5, 5.41) is 0. The van der Waals surface area contributed by atoms with Gasteiger partial charge in [0.05, 0.1) is 21.1 Å². The molecular formula is C11H15BO2. The maximum absolute atomic E-state index is 5.84. The molecule has 3 heteroatoms. The van der Waals surface area contributed by atoms with Gasteiger partial charge < -0.3 is 9.47 Å². The van der Waals surface area contributed by atoms with E-state index in [4.69, 9.17) is 17.3 Å². The lowest BCUT2D eigenvalue weighted by Crippen LogP contribution is -2.61. The molecule has 14 heavy (non-hydrogen) atoms. The summed E-state index contributed by atoms with van der Waals surface area (Å²) in [6, 6.07) is 0. The molecule has 0 bridgehead atoms. The first-order valence-corrected chi connectivity index (χ1v) is 5.53. The molecule has 1 heterocycles. The van der Waals surface area contributed by atoms with E-state index in [2.05, 4.69) is 12.2 Å². The molecule has 1 saturated heterocycles. The molecule has 0 aromatic heterocycles. The normalized spacial score (nSPS) is 42.7. The SMILES string of the molecule is [B]CC[C@H]1[C@H]2C=CC[C@H]2C12OCCO2. The Hall–Kier alpha value is -0.275. The lowest BCUT2D eigenvalue weighted by molar-refractivity contribution is -0.306. The molecule has 0 aromatic rings. The predicted molar refractivity (Wildman–Crippen MR) is 54.0 cm³/mol. The van der Waals surface area contributed by atoms with Crippen LogP contribution >= 0.6 is 0 Å². The van der Waals surface area contributed by atoms with Gasteiger partial charge in [0.15, 0.2) is 5.79 Å². The van der Waals surface area contributed by atoms with Gasteiger partial charge in [0.25, 0.3) is 0 Å². The van der Waals surface area contributed by atoms with E-state index < -0.39 is 0 Å². The largest absolute Gasteiger partial charge is 0.347 e. The minimum atomic E-state index is -0.256. The maximum atomic E-state index is 5.84. The molecule has 2 radical (unpaired) electrons. The van der Waals surface area contributed by atoms with Gasteiger partial charge in [-0.25, -0.2) is 0 Å². The highest BCUT2D eigenvalue weighted by Gasteiger charge is 2.64. The van der Waals surface area contributed by atoms with E-state index in [-0.39, 0.29) is 5.79 Å². The Morgan fingerprint density at radius 2 is 2.14 bits per heavy atom. The molecular weight excluding hydrogens is 175 g/mol. The molecule has 2 fully saturated rings. The van der Waals surface area contributed by atoms with Crippen molar-refractivity contribution in [2.24, 2.45) is 17.8 Å². The van der Waals surface area contributed by atoms with Gasteiger partial charge in [0.1, 0.15) is 0 Å². The van der Waals surface area contributed by atoms with Gasteiger partial charge in [-0.3, -0.25) is 0 Å². The molecule has 3 aliphatic rings. The Balaban J connectivity index is 1.82. The van der Waals surface area contributed by atoms with Crippen molar-refractivity contribution in [3.05, 3.63) is 12.2 Å². The van der Waals surface area contributed by atoms with Crippen molar-refractivity contribution in [1.29, 1.82) is 0 Å². The van der Waals surface area contributed by atoms with Crippen LogP contribution in [-0.2, 0) is 9.47 Å². The monoisotopic (exact) mass is 190 g/mol. The number of hydrogen-bond donors (Lipinski definition) is 0. The Kier molecular flexibility index (Phi) is 2.00. The number of allylic oxidation sites excluding steroid dienone is 2. The van der Waals surface area contributed by atoms with Crippen LogP contribution in [0.1, 0.15) is 12.8 Å². The molecule has 0 aromatic carbocycles. The van der Waals surface area contributed by atoms with Crippen molar-refractivity contribution in [3.63, 3.8) is 0 Å². The molecule has 3 atom stereocenters. The van der Waals surface area contributed by atoms with Crippen molar-refractivity contribution >= 4 is 7.85 Å². The van der Waals surface area contributed by atoms with Crippen LogP contribution in [0.15, 0.2) is 12.2 Å². The fourth-order valence-electron chi connectivity index (χ4n) is 3.39. The molecule has 2 aliphatic carbocycles. The second-order valence-electron chi connectivity index (χ2n) is 4.45. The zero-order chi connectivity index (χ0) is 9.60. The Labute approximate surface area is 86.1 Å². The first-order valence-electron chi connectivity index (χ1n) is 5.53. The molecule has 3 rings (SSSR count). The highest BCUT2D eigenvalue weighted by Crippen LogP contribution is 2.60. The Morgan fingerprint density at radius 3 is 2.86 bits per heavy atom. The third-order valence-corrected chi connectivity index (χ3v) is 3.93. The number of ether oxygens (including phenoxy) is 2. The summed E-state index contributed by atoms with van der Waals surface area (Å²) in [4.78, 5) is 0. The summed E-state index contributed by atoms with van der Waals surface area (Å²) in [6.45, 7) is 1.51. The molecule has 0 amide bonds. The lowest BCUT2D eigenvalue weighted by atomic mass is 9.58. The molecule has 1 saturated carbocycles. The van der Waals surface area contributed by atoms with Crippen LogP contribution in [-0.4, -0.2) is 26.8 Å². The van der Waals surface area contributed by atoms with E-state index in [1.165, 1.54) is 0 Å². The first-order chi connectivity index (χ1) is 6.88. The fourth-order valence-corrected chi connectivity index (χ4v) is 3.39. The molecule has 2 nitrogen and oxygen atoms in total. The second-order valence-corrected chi connectivity index (χ2v) is 4.45. The minimum absolute atomic E-state index is 0.256. The van der Waals surface area contributed by atoms with Crippen LogP contribution < -0.4 is 0 Å². The number of fused-ring (bicyclic) bond motifs is 2. The van der Waals surface area contributed by atoms with Crippen molar-refractivity contribution in [2.45, 2.75) is 24.9 Å². The van der Waals surface area contributed by atoms with Gasteiger partial charge in [-0.1, -0.05) is 24.9 Å². The van der Waals surface area contributed by atoms with Crippen LogP contribution in [0.2, 0.25) is 6.32 Å². The quantitative estimate of drug-likeness (QED) is 0.485. The summed E-state index contributed by atoms with van der Waals surface area (Å²) in [7, 11) is 5.64. The lowest BCUT2D eigenvalue weighted by Gasteiger charge is -2.55. The molecule has 1 aliphatic heterocycles. The first kappa shape index (κ1) is 8.99. The van der Waals surface area contributed by atoms with Gasteiger partial charge in [0, 0.05) is 11.8 Å². The van der Waals surface area contributed by atoms with Gasteiger partial charge in [-0.05, 0) is 12.3 Å². The summed E-state index contributed by atoms with van der Waals surface area (Å²) in [5.41, 5.74) is 0. The van der Waals surface area contributed by atoms with Crippen molar-refractivity contribution < 1.29 is 9.47 Å². The molecule has 0 unspecified atom stereocenters. The fraction of sp³-hybridized carbons (Fsp3) is 0.818. The van der Waals surface area contributed by atoms with Crippen LogP contribution in [0.3, 0.4) is 0 Å². The highest BCUT2D eigenvalue weighted by atomic mass is 16.7. The van der Waals surface area contributed by atoms with Gasteiger partial charge in [-0.15, -0.1) is 0 Å². The third-order valence-electron chi connectivity index (χ3n) is 3.93. The van der Waals surface area contributed by atoms with Gasteiger partial charge in [-0.2, -0.15) is 0 Å². The number of rotatable bonds is 2. The standard InChI is InChI=1S/C11H15BO2/c12-5-4-10-8-2-1-3-9(8)11(10)13-6-7-14-11/h1-2,8-10H,3-7H2/t8-,9+,10-/m0/s1. The number of hydrogen-bond acceptors (Lipinski definition) is 2. The van der Waals surface area contributed by atoms with Crippen LogP contribution in [0.4, 0.5) is 0 Å². The van der Waals surface area contributed by atoms with E-state index in [0.717, 1.165) is 32.4 Å². The third kappa shape index (κ3) is 0.948. The predicted octanol–water partition coefficient (Wildman–Crippen LogP) is 1.53. The Morgan fingerprint density at radius 1 is 1.36 bits per heavy atom. The van der Waals surface area contributed by atoms with Gasteiger partial charge >= 0.3 is 0 Å². The zero-order valence-electron chi connectivity index (χ0n) is 8.32. The molecule has 1 spiro atoms.